The number of nitrogens with one attached hydrogen (secondary N) is 1. The first-order valence-electron chi connectivity index (χ1n) is 8.61. The lowest BCUT2D eigenvalue weighted by molar-refractivity contribution is -0.0379. The Bertz CT molecular complexity index is 651. The molecule has 1 aliphatic heterocycles. The molecule has 1 spiro atoms. The zero-order valence-corrected chi connectivity index (χ0v) is 13.6. The quantitative estimate of drug-likeness (QED) is 0.922. The Morgan fingerprint density at radius 2 is 2.26 bits per heavy atom. The van der Waals surface area contributed by atoms with E-state index in [0.717, 1.165) is 25.1 Å². The second kappa shape index (κ2) is 5.96. The highest BCUT2D eigenvalue weighted by molar-refractivity contribution is 5.39. The molecule has 1 fully saturated rings. The molecule has 1 aromatic carbocycles. The molecule has 1 saturated carbocycles. The van der Waals surface area contributed by atoms with Crippen LogP contribution in [0, 0.1) is 0 Å². The molecule has 2 atom stereocenters. The zero-order valence-electron chi connectivity index (χ0n) is 13.6. The molecule has 1 aliphatic carbocycles. The summed E-state index contributed by atoms with van der Waals surface area (Å²) in [5, 5.41) is 7.99. The Labute approximate surface area is 137 Å². The van der Waals surface area contributed by atoms with Crippen molar-refractivity contribution in [2.24, 2.45) is 0 Å². The zero-order chi connectivity index (χ0) is 15.7. The molecule has 0 saturated heterocycles. The Morgan fingerprint density at radius 3 is 3.00 bits per heavy atom. The van der Waals surface area contributed by atoms with Gasteiger partial charge >= 0.3 is 0 Å². The number of aryl methyl sites for hydroxylation is 1. The first-order valence-corrected chi connectivity index (χ1v) is 8.61. The topological polar surface area (TPSA) is 52.0 Å². The summed E-state index contributed by atoms with van der Waals surface area (Å²) in [4.78, 5) is 4.00. The molecule has 2 aromatic rings. The lowest BCUT2D eigenvalue weighted by Crippen LogP contribution is -2.50. The summed E-state index contributed by atoms with van der Waals surface area (Å²) < 4.78 is 8.22. The average Bonchev–Trinajstić information content (AvgIpc) is 3.05. The molecule has 23 heavy (non-hydrogen) atoms. The van der Waals surface area contributed by atoms with E-state index in [1.54, 1.807) is 12.7 Å². The number of aromatic nitrogens is 3. The third kappa shape index (κ3) is 2.98. The van der Waals surface area contributed by atoms with Crippen molar-refractivity contribution in [1.29, 1.82) is 0 Å². The van der Waals surface area contributed by atoms with Gasteiger partial charge < -0.3 is 10.1 Å². The number of nitrogens with zero attached hydrogens (tertiary/aromatic N) is 3. The van der Waals surface area contributed by atoms with Crippen LogP contribution >= 0.6 is 0 Å². The molecule has 5 heteroatoms. The van der Waals surface area contributed by atoms with Gasteiger partial charge in [0.1, 0.15) is 24.0 Å². The molecule has 2 aliphatic rings. The minimum atomic E-state index is 0.0810. The molecule has 1 aromatic heterocycles. The van der Waals surface area contributed by atoms with Crippen molar-refractivity contribution in [2.45, 2.75) is 63.3 Å². The Kier molecular flexibility index (Phi) is 3.81. The lowest BCUT2D eigenvalue weighted by atomic mass is 9.73. The number of hydrogen-bond donors (Lipinski definition) is 1. The number of benzene rings is 1. The van der Waals surface area contributed by atoms with Crippen LogP contribution in [-0.4, -0.2) is 26.4 Å². The van der Waals surface area contributed by atoms with Crippen LogP contribution in [0.2, 0.25) is 0 Å². The molecule has 5 nitrogen and oxygen atoms in total. The number of ether oxygens (including phenoxy) is 1. The van der Waals surface area contributed by atoms with Crippen LogP contribution in [0.1, 0.15) is 50.6 Å². The summed E-state index contributed by atoms with van der Waals surface area (Å²) in [6.07, 6.45) is 9.15. The third-order valence-corrected chi connectivity index (χ3v) is 5.21. The predicted molar refractivity (Wildman–Crippen MR) is 88.2 cm³/mol. The largest absolute Gasteiger partial charge is 0.487 e. The molecular weight excluding hydrogens is 288 g/mol. The fourth-order valence-corrected chi connectivity index (χ4v) is 3.75. The van der Waals surface area contributed by atoms with E-state index in [9.17, 15) is 0 Å². The fourth-order valence-electron chi connectivity index (χ4n) is 3.75. The van der Waals surface area contributed by atoms with Gasteiger partial charge in [-0.1, -0.05) is 18.2 Å². The predicted octanol–water partition coefficient (Wildman–Crippen LogP) is 3.09. The Hall–Kier alpha value is -1.88. The minimum absolute atomic E-state index is 0.0810. The second-order valence-corrected chi connectivity index (χ2v) is 6.95. The fraction of sp³-hybridized carbons (Fsp3) is 0.556. The van der Waals surface area contributed by atoms with Crippen LogP contribution in [0.25, 0.3) is 0 Å². The van der Waals surface area contributed by atoms with Crippen LogP contribution in [0.15, 0.2) is 36.9 Å². The first kappa shape index (κ1) is 14.7. The van der Waals surface area contributed by atoms with E-state index in [4.69, 9.17) is 4.74 Å². The van der Waals surface area contributed by atoms with Gasteiger partial charge in [-0.3, -0.25) is 4.68 Å². The highest BCUT2D eigenvalue weighted by atomic mass is 16.5. The van der Waals surface area contributed by atoms with E-state index in [1.807, 2.05) is 4.68 Å². The van der Waals surface area contributed by atoms with Crippen LogP contribution in [0.3, 0.4) is 0 Å². The third-order valence-electron chi connectivity index (χ3n) is 5.21. The van der Waals surface area contributed by atoms with E-state index in [0.29, 0.717) is 12.1 Å². The Morgan fingerprint density at radius 1 is 1.39 bits per heavy atom. The Balaban J connectivity index is 1.44. The smallest absolute Gasteiger partial charge is 0.137 e. The molecule has 1 N–H and O–H groups in total. The van der Waals surface area contributed by atoms with Crippen LogP contribution < -0.4 is 10.1 Å². The van der Waals surface area contributed by atoms with E-state index in [2.05, 4.69) is 46.6 Å². The molecule has 0 bridgehead atoms. The van der Waals surface area contributed by atoms with Gasteiger partial charge in [-0.25, -0.2) is 4.98 Å². The molecule has 4 rings (SSSR count). The molecule has 122 valence electrons. The minimum Gasteiger partial charge on any atom is -0.487 e. The van der Waals surface area contributed by atoms with Gasteiger partial charge in [-0.2, -0.15) is 5.10 Å². The molecule has 0 radical (unpaired) electrons. The van der Waals surface area contributed by atoms with E-state index in [-0.39, 0.29) is 5.60 Å². The van der Waals surface area contributed by atoms with E-state index in [1.165, 1.54) is 24.8 Å². The van der Waals surface area contributed by atoms with Crippen molar-refractivity contribution in [3.05, 3.63) is 42.5 Å². The van der Waals surface area contributed by atoms with Crippen molar-refractivity contribution in [1.82, 2.24) is 20.1 Å². The van der Waals surface area contributed by atoms with Gasteiger partial charge in [0.2, 0.25) is 0 Å². The molecule has 0 unspecified atom stereocenters. The van der Waals surface area contributed by atoms with Crippen molar-refractivity contribution < 1.29 is 4.74 Å². The van der Waals surface area contributed by atoms with Gasteiger partial charge in [-0.15, -0.1) is 0 Å². The van der Waals surface area contributed by atoms with Crippen molar-refractivity contribution in [3.8, 4) is 5.75 Å². The number of hydrogen-bond acceptors (Lipinski definition) is 4. The summed E-state index contributed by atoms with van der Waals surface area (Å²) in [7, 11) is 0. The van der Waals surface area contributed by atoms with Gasteiger partial charge in [-0.05, 0) is 38.7 Å². The van der Waals surface area contributed by atoms with Crippen LogP contribution in [0.5, 0.6) is 5.75 Å². The molecular formula is C18H24N4O. The highest BCUT2D eigenvalue weighted by Crippen LogP contribution is 2.48. The second-order valence-electron chi connectivity index (χ2n) is 6.95. The highest BCUT2D eigenvalue weighted by Gasteiger charge is 2.45. The SMILES string of the molecule is C[C@H](CCn1cncn1)N[C@H]1CC2(CCC2)Oc2ccccc21. The maximum absolute atomic E-state index is 6.32. The number of fused-ring (bicyclic) bond motifs is 1. The van der Waals surface area contributed by atoms with Crippen LogP contribution in [0.4, 0.5) is 0 Å². The van der Waals surface area contributed by atoms with Gasteiger partial charge in [0.15, 0.2) is 0 Å². The van der Waals surface area contributed by atoms with Gasteiger partial charge in [0, 0.05) is 30.6 Å². The van der Waals surface area contributed by atoms with Crippen molar-refractivity contribution >= 4 is 0 Å². The monoisotopic (exact) mass is 312 g/mol. The van der Waals surface area contributed by atoms with Gasteiger partial charge in [0.05, 0.1) is 0 Å². The van der Waals surface area contributed by atoms with E-state index < -0.39 is 0 Å². The standard InChI is InChI=1S/C18H24N4O/c1-14(7-10-22-13-19-12-20-22)21-16-11-18(8-4-9-18)23-17-6-3-2-5-15(16)17/h2-3,5-6,12-14,16,21H,4,7-11H2,1H3/t14-,16+/m1/s1. The summed E-state index contributed by atoms with van der Waals surface area (Å²) in [5.74, 6) is 1.07. The maximum Gasteiger partial charge on any atom is 0.137 e. The first-order chi connectivity index (χ1) is 11.2. The number of rotatable bonds is 5. The van der Waals surface area contributed by atoms with Crippen molar-refractivity contribution in [3.63, 3.8) is 0 Å². The van der Waals surface area contributed by atoms with Crippen molar-refractivity contribution in [2.75, 3.05) is 0 Å². The summed E-state index contributed by atoms with van der Waals surface area (Å²) in [6.45, 7) is 3.15. The lowest BCUT2D eigenvalue weighted by Gasteiger charge is -2.48. The summed E-state index contributed by atoms with van der Waals surface area (Å²) >= 11 is 0. The average molecular weight is 312 g/mol. The van der Waals surface area contributed by atoms with E-state index >= 15 is 0 Å². The maximum atomic E-state index is 6.32. The number of para-hydroxylation sites is 1. The molecule has 0 amide bonds. The normalized spacial score (nSPS) is 22.9. The van der Waals surface area contributed by atoms with Gasteiger partial charge in [0.25, 0.3) is 0 Å². The van der Waals surface area contributed by atoms with Crippen LogP contribution in [-0.2, 0) is 6.54 Å². The summed E-state index contributed by atoms with van der Waals surface area (Å²) in [5.41, 5.74) is 1.38. The summed E-state index contributed by atoms with van der Waals surface area (Å²) in [6, 6.07) is 9.29. The molecule has 2 heterocycles.